The Morgan fingerprint density at radius 2 is 1.13 bits per heavy atom. The van der Waals surface area contributed by atoms with Crippen LogP contribution in [0.15, 0.2) is 0 Å². The second kappa shape index (κ2) is 15.4. The lowest BCUT2D eigenvalue weighted by atomic mass is 9.97. The predicted octanol–water partition coefficient (Wildman–Crippen LogP) is 5.75. The molecule has 0 aliphatic carbocycles. The van der Waals surface area contributed by atoms with Crippen molar-refractivity contribution in [2.24, 2.45) is 11.7 Å². The van der Waals surface area contributed by atoms with E-state index in [1.54, 1.807) is 0 Å². The average Bonchev–Trinajstić information content (AvgIpc) is 2.59. The standard InChI is InChI=1S/C21H44N2/c1-2-3-4-5-6-7-8-9-10-11-12-13-14-17-23-18-15-21(20-22)16-19-23/h21H,2-20,22H2,1H3. The first-order chi connectivity index (χ1) is 11.4. The predicted molar refractivity (Wildman–Crippen MR) is 104 cm³/mol. The summed E-state index contributed by atoms with van der Waals surface area (Å²) in [5.41, 5.74) is 5.76. The summed E-state index contributed by atoms with van der Waals surface area (Å²) >= 11 is 0. The van der Waals surface area contributed by atoms with Gasteiger partial charge in [-0.2, -0.15) is 0 Å². The van der Waals surface area contributed by atoms with Gasteiger partial charge >= 0.3 is 0 Å². The molecule has 2 nitrogen and oxygen atoms in total. The maximum absolute atomic E-state index is 5.76. The summed E-state index contributed by atoms with van der Waals surface area (Å²) in [5.74, 6) is 0.804. The van der Waals surface area contributed by atoms with Crippen molar-refractivity contribution in [1.82, 2.24) is 4.90 Å². The summed E-state index contributed by atoms with van der Waals surface area (Å²) in [6.45, 7) is 7.10. The first kappa shape index (κ1) is 21.0. The maximum atomic E-state index is 5.76. The normalized spacial score (nSPS) is 17.0. The molecule has 0 unspecified atom stereocenters. The van der Waals surface area contributed by atoms with Gasteiger partial charge in [0.25, 0.3) is 0 Å². The third-order valence-corrected chi connectivity index (χ3v) is 5.62. The highest BCUT2D eigenvalue weighted by molar-refractivity contribution is 4.72. The van der Waals surface area contributed by atoms with E-state index in [4.69, 9.17) is 5.73 Å². The van der Waals surface area contributed by atoms with Crippen LogP contribution in [-0.4, -0.2) is 31.1 Å². The zero-order valence-electron chi connectivity index (χ0n) is 16.0. The smallest absolute Gasteiger partial charge is 0.00156 e. The van der Waals surface area contributed by atoms with E-state index in [1.807, 2.05) is 0 Å². The summed E-state index contributed by atoms with van der Waals surface area (Å²) in [7, 11) is 0. The second-order valence-corrected chi connectivity index (χ2v) is 7.76. The molecule has 1 saturated heterocycles. The van der Waals surface area contributed by atoms with Crippen molar-refractivity contribution in [2.45, 2.75) is 103 Å². The van der Waals surface area contributed by atoms with Crippen LogP contribution in [0.1, 0.15) is 103 Å². The molecule has 0 aromatic heterocycles. The SMILES string of the molecule is CCCCCCCCCCCCCCCN1CCC(CN)CC1. The zero-order chi connectivity index (χ0) is 16.6. The molecule has 0 atom stereocenters. The molecule has 1 heterocycles. The molecule has 0 spiro atoms. The summed E-state index contributed by atoms with van der Waals surface area (Å²) in [6, 6.07) is 0. The fourth-order valence-electron chi connectivity index (χ4n) is 3.80. The van der Waals surface area contributed by atoms with E-state index >= 15 is 0 Å². The number of nitrogens with zero attached hydrogens (tertiary/aromatic N) is 1. The van der Waals surface area contributed by atoms with Crippen molar-refractivity contribution in [3.63, 3.8) is 0 Å². The van der Waals surface area contributed by atoms with Gasteiger partial charge in [0.1, 0.15) is 0 Å². The Morgan fingerprint density at radius 1 is 0.696 bits per heavy atom. The first-order valence-corrected chi connectivity index (χ1v) is 10.8. The molecule has 1 rings (SSSR count). The van der Waals surface area contributed by atoms with E-state index in [0.717, 1.165) is 12.5 Å². The van der Waals surface area contributed by atoms with Gasteiger partial charge in [-0.25, -0.2) is 0 Å². The molecule has 1 aliphatic heterocycles. The number of hydrogen-bond donors (Lipinski definition) is 1. The van der Waals surface area contributed by atoms with E-state index < -0.39 is 0 Å². The van der Waals surface area contributed by atoms with Crippen molar-refractivity contribution in [3.05, 3.63) is 0 Å². The lowest BCUT2D eigenvalue weighted by Crippen LogP contribution is -2.36. The fourth-order valence-corrected chi connectivity index (χ4v) is 3.80. The van der Waals surface area contributed by atoms with Crippen LogP contribution in [0.4, 0.5) is 0 Å². The number of nitrogens with two attached hydrogens (primary N) is 1. The van der Waals surface area contributed by atoms with E-state index in [-0.39, 0.29) is 0 Å². The summed E-state index contributed by atoms with van der Waals surface area (Å²) in [5, 5.41) is 0. The third-order valence-electron chi connectivity index (χ3n) is 5.62. The Labute approximate surface area is 146 Å². The van der Waals surface area contributed by atoms with Gasteiger partial charge in [-0.1, -0.05) is 84.0 Å². The molecule has 0 bridgehead atoms. The molecule has 0 amide bonds. The van der Waals surface area contributed by atoms with Crippen LogP contribution in [0.2, 0.25) is 0 Å². The van der Waals surface area contributed by atoms with Crippen molar-refractivity contribution in [1.29, 1.82) is 0 Å². The molecule has 23 heavy (non-hydrogen) atoms. The average molecular weight is 325 g/mol. The lowest BCUT2D eigenvalue weighted by Gasteiger charge is -2.31. The minimum absolute atomic E-state index is 0.804. The van der Waals surface area contributed by atoms with Crippen LogP contribution in [0.5, 0.6) is 0 Å². The van der Waals surface area contributed by atoms with E-state index in [2.05, 4.69) is 11.8 Å². The minimum atomic E-state index is 0.804. The highest BCUT2D eigenvalue weighted by Gasteiger charge is 2.16. The maximum Gasteiger partial charge on any atom is -0.00156 e. The minimum Gasteiger partial charge on any atom is -0.330 e. The molecule has 1 fully saturated rings. The van der Waals surface area contributed by atoms with Gasteiger partial charge in [-0.15, -0.1) is 0 Å². The van der Waals surface area contributed by atoms with Gasteiger partial charge in [0.15, 0.2) is 0 Å². The number of hydrogen-bond acceptors (Lipinski definition) is 2. The highest BCUT2D eigenvalue weighted by Crippen LogP contribution is 2.17. The number of likely N-dealkylation sites (tertiary alicyclic amines) is 1. The molecule has 0 aromatic rings. The van der Waals surface area contributed by atoms with Gasteiger partial charge in [-0.3, -0.25) is 0 Å². The molecule has 0 aromatic carbocycles. The first-order valence-electron chi connectivity index (χ1n) is 10.8. The molecule has 1 aliphatic rings. The van der Waals surface area contributed by atoms with Crippen molar-refractivity contribution in [2.75, 3.05) is 26.2 Å². The molecular formula is C21H44N2. The van der Waals surface area contributed by atoms with Crippen LogP contribution in [0.3, 0.4) is 0 Å². The van der Waals surface area contributed by atoms with Gasteiger partial charge < -0.3 is 10.6 Å². The molecule has 2 N–H and O–H groups in total. The topological polar surface area (TPSA) is 29.3 Å². The summed E-state index contributed by atoms with van der Waals surface area (Å²) < 4.78 is 0. The Morgan fingerprint density at radius 3 is 1.57 bits per heavy atom. The van der Waals surface area contributed by atoms with E-state index in [0.29, 0.717) is 0 Å². The summed E-state index contributed by atoms with van der Waals surface area (Å²) in [4.78, 5) is 2.66. The third kappa shape index (κ3) is 12.0. The van der Waals surface area contributed by atoms with Crippen LogP contribution in [-0.2, 0) is 0 Å². The van der Waals surface area contributed by atoms with Gasteiger partial charge in [0.05, 0.1) is 0 Å². The Balaban J connectivity index is 1.73. The van der Waals surface area contributed by atoms with Crippen molar-refractivity contribution in [3.8, 4) is 0 Å². The Bertz CT molecular complexity index is 234. The molecule has 138 valence electrons. The van der Waals surface area contributed by atoms with Crippen LogP contribution >= 0.6 is 0 Å². The Kier molecular flexibility index (Phi) is 14.1. The van der Waals surface area contributed by atoms with E-state index in [9.17, 15) is 0 Å². The monoisotopic (exact) mass is 324 g/mol. The fraction of sp³-hybridized carbons (Fsp3) is 1.00. The summed E-state index contributed by atoms with van der Waals surface area (Å²) in [6.07, 6.45) is 21.5. The van der Waals surface area contributed by atoms with Crippen LogP contribution in [0.25, 0.3) is 0 Å². The van der Waals surface area contributed by atoms with Crippen molar-refractivity contribution < 1.29 is 0 Å². The van der Waals surface area contributed by atoms with E-state index in [1.165, 1.54) is 116 Å². The largest absolute Gasteiger partial charge is 0.330 e. The van der Waals surface area contributed by atoms with Crippen molar-refractivity contribution >= 4 is 0 Å². The van der Waals surface area contributed by atoms with Gasteiger partial charge in [0, 0.05) is 0 Å². The molecule has 2 heteroatoms. The van der Waals surface area contributed by atoms with Gasteiger partial charge in [-0.05, 0) is 51.4 Å². The van der Waals surface area contributed by atoms with Crippen LogP contribution in [0, 0.1) is 5.92 Å². The highest BCUT2D eigenvalue weighted by atomic mass is 15.1. The van der Waals surface area contributed by atoms with Gasteiger partial charge in [0.2, 0.25) is 0 Å². The lowest BCUT2D eigenvalue weighted by molar-refractivity contribution is 0.184. The Hall–Kier alpha value is -0.0800. The zero-order valence-corrected chi connectivity index (χ0v) is 16.0. The van der Waals surface area contributed by atoms with Crippen LogP contribution < -0.4 is 5.73 Å². The molecule has 0 radical (unpaired) electrons. The molecule has 0 saturated carbocycles. The quantitative estimate of drug-likeness (QED) is 0.389. The number of rotatable bonds is 15. The number of unbranched alkanes of at least 4 members (excludes halogenated alkanes) is 12. The molecular weight excluding hydrogens is 280 g/mol. The second-order valence-electron chi connectivity index (χ2n) is 7.76. The number of piperidine rings is 1.